The zero-order valence-corrected chi connectivity index (χ0v) is 27.4. The summed E-state index contributed by atoms with van der Waals surface area (Å²) in [4.78, 5) is 30.2. The summed E-state index contributed by atoms with van der Waals surface area (Å²) in [6.07, 6.45) is -4.82. The molecule has 0 aromatic heterocycles. The Morgan fingerprint density at radius 3 is 2.27 bits per heavy atom. The van der Waals surface area contributed by atoms with E-state index in [4.69, 9.17) is 9.47 Å². The van der Waals surface area contributed by atoms with E-state index in [-0.39, 0.29) is 41.5 Å². The van der Waals surface area contributed by atoms with Crippen molar-refractivity contribution in [1.82, 2.24) is 9.80 Å². The van der Waals surface area contributed by atoms with Crippen LogP contribution in [0.3, 0.4) is 0 Å². The topological polar surface area (TPSA) is 103 Å². The van der Waals surface area contributed by atoms with Gasteiger partial charge in [0.25, 0.3) is 5.91 Å². The van der Waals surface area contributed by atoms with Gasteiger partial charge in [-0.15, -0.1) is 0 Å². The van der Waals surface area contributed by atoms with E-state index >= 15 is 0 Å². The maximum Gasteiger partial charge on any atom is 0.416 e. The zero-order chi connectivity index (χ0) is 35.1. The Balaban J connectivity index is 1.28. The van der Waals surface area contributed by atoms with Crippen LogP contribution >= 0.6 is 0 Å². The molecule has 0 aliphatic carbocycles. The van der Waals surface area contributed by atoms with Gasteiger partial charge in [-0.1, -0.05) is 37.3 Å². The number of carbonyl (C=O) groups excluding carboxylic acids is 2. The average molecular weight is 677 g/mol. The predicted molar refractivity (Wildman–Crippen MR) is 181 cm³/mol. The van der Waals surface area contributed by atoms with Crippen molar-refractivity contribution in [3.05, 3.63) is 114 Å². The first-order valence-corrected chi connectivity index (χ1v) is 15.9. The highest BCUT2D eigenvalue weighted by molar-refractivity contribution is 6.02. The molecular weight excluding hydrogens is 637 g/mol. The first kappa shape index (κ1) is 35.2. The zero-order valence-electron chi connectivity index (χ0n) is 27.4. The van der Waals surface area contributed by atoms with Gasteiger partial charge in [-0.3, -0.25) is 9.69 Å². The number of anilines is 2. The predicted octanol–water partition coefficient (Wildman–Crippen LogP) is 7.49. The summed E-state index contributed by atoms with van der Waals surface area (Å²) in [5, 5.41) is 15.1. The number of nitrogens with zero attached hydrogens (tertiary/aromatic N) is 2. The lowest BCUT2D eigenvalue weighted by Crippen LogP contribution is -2.49. The minimum atomic E-state index is -4.49. The molecule has 0 saturated carbocycles. The lowest BCUT2D eigenvalue weighted by atomic mass is 9.99. The number of amides is 3. The second kappa shape index (κ2) is 15.4. The fraction of sp³-hybridized carbons (Fsp3) is 0.297. The van der Waals surface area contributed by atoms with Gasteiger partial charge in [0.05, 0.1) is 23.8 Å². The lowest BCUT2D eigenvalue weighted by Gasteiger charge is -2.38. The molecule has 0 fully saturated rings. The molecule has 49 heavy (non-hydrogen) atoms. The summed E-state index contributed by atoms with van der Waals surface area (Å²) < 4.78 is 51.1. The van der Waals surface area contributed by atoms with Gasteiger partial charge in [-0.05, 0) is 86.3 Å². The van der Waals surface area contributed by atoms with Gasteiger partial charge in [0.1, 0.15) is 23.4 Å². The van der Waals surface area contributed by atoms with Gasteiger partial charge in [0.15, 0.2) is 0 Å². The Bertz CT molecular complexity index is 1720. The Hall–Kier alpha value is -5.07. The minimum Gasteiger partial charge on any atom is -0.488 e. The van der Waals surface area contributed by atoms with Crippen LogP contribution in [0.25, 0.3) is 0 Å². The Morgan fingerprint density at radius 2 is 1.61 bits per heavy atom. The third-order valence-corrected chi connectivity index (χ3v) is 8.24. The Kier molecular flexibility index (Phi) is 11.1. The molecule has 5 rings (SSSR count). The third kappa shape index (κ3) is 9.30. The first-order valence-electron chi connectivity index (χ1n) is 15.9. The molecule has 9 nitrogen and oxygen atoms in total. The monoisotopic (exact) mass is 676 g/mol. The van der Waals surface area contributed by atoms with Gasteiger partial charge in [-0.2, -0.15) is 13.2 Å². The molecule has 258 valence electrons. The molecule has 4 aromatic carbocycles. The molecular formula is C37H39F3N4O5. The van der Waals surface area contributed by atoms with Crippen molar-refractivity contribution in [2.45, 2.75) is 38.7 Å². The summed E-state index contributed by atoms with van der Waals surface area (Å²) in [6.45, 7) is 5.03. The number of fused-ring (bicyclic) bond motifs is 1. The molecule has 0 radical (unpaired) electrons. The van der Waals surface area contributed by atoms with Gasteiger partial charge < -0.3 is 30.1 Å². The van der Waals surface area contributed by atoms with E-state index in [9.17, 15) is 27.9 Å². The van der Waals surface area contributed by atoms with Gasteiger partial charge in [0.2, 0.25) is 0 Å². The second-order valence-electron chi connectivity index (χ2n) is 12.2. The van der Waals surface area contributed by atoms with E-state index in [0.717, 1.165) is 41.3 Å². The second-order valence-corrected chi connectivity index (χ2v) is 12.2. The summed E-state index contributed by atoms with van der Waals surface area (Å²) in [6, 6.07) is 25.0. The van der Waals surface area contributed by atoms with Crippen LogP contribution in [0.15, 0.2) is 97.1 Å². The molecule has 0 unspecified atom stereocenters. The number of aliphatic hydroxyl groups excluding tert-OH is 1. The number of urea groups is 1. The number of rotatable bonds is 10. The van der Waals surface area contributed by atoms with Crippen molar-refractivity contribution in [2.75, 3.05) is 37.4 Å². The summed E-state index contributed by atoms with van der Waals surface area (Å²) in [5.41, 5.74) is 0.900. The standard InChI is InChI=1S/C37H39F3N4O5/c1-24-20-44(25(2)23-45)35(46)32-19-29(42-36(47)41-28-13-11-27(12-14-28)37(38,39)40)15-18-33(32)49-34(24)22-43(3)21-26-9-16-31(17-10-26)48-30-7-5-4-6-8-30/h4-19,24-25,34,45H,20-23H2,1-3H3,(H2,41,42,47)/t24-,25+,34+/m1/s1. The molecule has 3 N–H and O–H groups in total. The number of likely N-dealkylation sites (N-methyl/N-ethyl adjacent to an activating group) is 1. The molecule has 0 saturated heterocycles. The highest BCUT2D eigenvalue weighted by atomic mass is 19.4. The molecule has 12 heteroatoms. The van der Waals surface area contributed by atoms with E-state index < -0.39 is 23.8 Å². The molecule has 0 spiro atoms. The van der Waals surface area contributed by atoms with Crippen molar-refractivity contribution < 1.29 is 37.3 Å². The average Bonchev–Trinajstić information content (AvgIpc) is 3.07. The molecule has 3 atom stereocenters. The maximum atomic E-state index is 13.8. The van der Waals surface area contributed by atoms with Crippen LogP contribution in [0.2, 0.25) is 0 Å². The van der Waals surface area contributed by atoms with E-state index in [1.807, 2.05) is 68.6 Å². The van der Waals surface area contributed by atoms with Gasteiger partial charge >= 0.3 is 12.2 Å². The number of carbonyl (C=O) groups is 2. The van der Waals surface area contributed by atoms with Crippen molar-refractivity contribution in [3.8, 4) is 17.2 Å². The van der Waals surface area contributed by atoms with Gasteiger partial charge in [0, 0.05) is 36.9 Å². The number of hydrogen-bond donors (Lipinski definition) is 3. The highest BCUT2D eigenvalue weighted by Gasteiger charge is 2.34. The van der Waals surface area contributed by atoms with Crippen LogP contribution in [0.4, 0.5) is 29.3 Å². The molecule has 4 aromatic rings. The van der Waals surface area contributed by atoms with Crippen molar-refractivity contribution >= 4 is 23.3 Å². The molecule has 0 bridgehead atoms. The molecule has 1 aliphatic rings. The maximum absolute atomic E-state index is 13.8. The van der Waals surface area contributed by atoms with Gasteiger partial charge in [-0.25, -0.2) is 4.79 Å². The summed E-state index contributed by atoms with van der Waals surface area (Å²) >= 11 is 0. The van der Waals surface area contributed by atoms with Crippen LogP contribution in [0.5, 0.6) is 17.2 Å². The van der Waals surface area contributed by atoms with Crippen LogP contribution in [0.1, 0.15) is 35.3 Å². The number of benzene rings is 4. The van der Waals surface area contributed by atoms with Crippen LogP contribution < -0.4 is 20.1 Å². The Labute approximate surface area is 283 Å². The summed E-state index contributed by atoms with van der Waals surface area (Å²) in [5.74, 6) is 1.37. The number of para-hydroxylation sites is 1. The Morgan fingerprint density at radius 1 is 0.980 bits per heavy atom. The smallest absolute Gasteiger partial charge is 0.416 e. The lowest BCUT2D eigenvalue weighted by molar-refractivity contribution is -0.137. The molecule has 3 amide bonds. The number of aliphatic hydroxyl groups is 1. The largest absolute Gasteiger partial charge is 0.488 e. The third-order valence-electron chi connectivity index (χ3n) is 8.24. The number of ether oxygens (including phenoxy) is 2. The molecule has 1 aliphatic heterocycles. The first-order chi connectivity index (χ1) is 23.4. The summed E-state index contributed by atoms with van der Waals surface area (Å²) in [7, 11) is 1.99. The number of nitrogens with one attached hydrogen (secondary N) is 2. The normalized spacial score (nSPS) is 17.0. The van der Waals surface area contributed by atoms with Crippen molar-refractivity contribution in [1.29, 1.82) is 0 Å². The minimum absolute atomic E-state index is 0.0949. The van der Waals surface area contributed by atoms with Crippen molar-refractivity contribution in [3.63, 3.8) is 0 Å². The van der Waals surface area contributed by atoms with E-state index in [1.54, 1.807) is 24.0 Å². The molecule has 1 heterocycles. The SMILES string of the molecule is C[C@@H]1CN([C@@H](C)CO)C(=O)c2cc(NC(=O)Nc3ccc(C(F)(F)F)cc3)ccc2O[C@H]1CN(C)Cc1ccc(Oc2ccccc2)cc1. The number of alkyl halides is 3. The highest BCUT2D eigenvalue weighted by Crippen LogP contribution is 2.32. The van der Waals surface area contributed by atoms with Crippen LogP contribution in [-0.4, -0.2) is 65.7 Å². The van der Waals surface area contributed by atoms with E-state index in [2.05, 4.69) is 15.5 Å². The number of hydrogen-bond acceptors (Lipinski definition) is 6. The number of halogens is 3. The quantitative estimate of drug-likeness (QED) is 0.161. The fourth-order valence-corrected chi connectivity index (χ4v) is 5.53. The van der Waals surface area contributed by atoms with Crippen LogP contribution in [0, 0.1) is 5.92 Å². The fourth-order valence-electron chi connectivity index (χ4n) is 5.53. The van der Waals surface area contributed by atoms with Crippen molar-refractivity contribution in [2.24, 2.45) is 5.92 Å². The van der Waals surface area contributed by atoms with Crippen LogP contribution in [-0.2, 0) is 12.7 Å². The van der Waals surface area contributed by atoms with E-state index in [1.165, 1.54) is 6.07 Å². The van der Waals surface area contributed by atoms with E-state index in [0.29, 0.717) is 25.4 Å².